The molecule has 6 heteroatoms. The van der Waals surface area contributed by atoms with Crippen molar-refractivity contribution < 1.29 is 28.6 Å². The summed E-state index contributed by atoms with van der Waals surface area (Å²) in [5, 5.41) is 0. The van der Waals surface area contributed by atoms with Crippen molar-refractivity contribution in [2.24, 2.45) is 0 Å². The van der Waals surface area contributed by atoms with Crippen LogP contribution in [0.2, 0.25) is 0 Å². The van der Waals surface area contributed by atoms with Crippen LogP contribution in [0.4, 0.5) is 0 Å². The molecule has 1 unspecified atom stereocenters. The highest BCUT2D eigenvalue weighted by Gasteiger charge is 2.19. The van der Waals surface area contributed by atoms with Crippen LogP contribution in [0.5, 0.6) is 0 Å². The third-order valence-corrected chi connectivity index (χ3v) is 10.4. The molecular weight excluding hydrogens is 648 g/mol. The first kappa shape index (κ1) is 50.4. The van der Waals surface area contributed by atoms with Gasteiger partial charge in [-0.3, -0.25) is 14.4 Å². The molecule has 6 nitrogen and oxygen atoms in total. The SMILES string of the molecule is CCCCCCCCCCCCCCCCCCCC(=O)OCC(COC(=O)CCCCCCCCC)OC(=O)CCCCCCCCCCCC. The predicted octanol–water partition coefficient (Wildman–Crippen LogP) is 14.5. The van der Waals surface area contributed by atoms with E-state index in [1.54, 1.807) is 0 Å². The first-order chi connectivity index (χ1) is 25.5. The van der Waals surface area contributed by atoms with Crippen molar-refractivity contribution >= 4 is 17.9 Å². The maximum Gasteiger partial charge on any atom is 0.306 e. The predicted molar refractivity (Wildman–Crippen MR) is 220 cm³/mol. The van der Waals surface area contributed by atoms with Crippen LogP contribution in [0.25, 0.3) is 0 Å². The van der Waals surface area contributed by atoms with Crippen molar-refractivity contribution in [2.45, 2.75) is 264 Å². The van der Waals surface area contributed by atoms with E-state index in [0.717, 1.165) is 57.8 Å². The van der Waals surface area contributed by atoms with E-state index < -0.39 is 6.10 Å². The van der Waals surface area contributed by atoms with Crippen LogP contribution in [0.15, 0.2) is 0 Å². The molecule has 0 amide bonds. The number of carbonyl (C=O) groups excluding carboxylic acids is 3. The van der Waals surface area contributed by atoms with E-state index in [-0.39, 0.29) is 31.1 Å². The zero-order valence-corrected chi connectivity index (χ0v) is 35.1. The van der Waals surface area contributed by atoms with Crippen LogP contribution in [0.1, 0.15) is 258 Å². The lowest BCUT2D eigenvalue weighted by Gasteiger charge is -2.18. The highest BCUT2D eigenvalue weighted by molar-refractivity contribution is 5.71. The zero-order valence-electron chi connectivity index (χ0n) is 35.1. The highest BCUT2D eigenvalue weighted by Crippen LogP contribution is 2.16. The second kappa shape index (κ2) is 42.2. The molecule has 0 aliphatic heterocycles. The van der Waals surface area contributed by atoms with Gasteiger partial charge in [0.1, 0.15) is 13.2 Å². The van der Waals surface area contributed by atoms with Crippen molar-refractivity contribution in [2.75, 3.05) is 13.2 Å². The van der Waals surface area contributed by atoms with E-state index >= 15 is 0 Å². The number of esters is 3. The van der Waals surface area contributed by atoms with Gasteiger partial charge in [0.2, 0.25) is 0 Å². The van der Waals surface area contributed by atoms with Crippen LogP contribution in [-0.2, 0) is 28.6 Å². The minimum absolute atomic E-state index is 0.0632. The molecule has 0 saturated carbocycles. The van der Waals surface area contributed by atoms with Gasteiger partial charge < -0.3 is 14.2 Å². The number of rotatable bonds is 42. The maximum absolute atomic E-state index is 12.6. The number of hydrogen-bond donors (Lipinski definition) is 0. The Morgan fingerprint density at radius 3 is 0.769 bits per heavy atom. The molecule has 0 rings (SSSR count). The van der Waals surface area contributed by atoms with Gasteiger partial charge in [-0.1, -0.05) is 220 Å². The number of unbranched alkanes of at least 4 members (excludes halogenated alkanes) is 31. The molecule has 0 bridgehead atoms. The first-order valence-corrected chi connectivity index (χ1v) is 23.0. The summed E-state index contributed by atoms with van der Waals surface area (Å²) in [5.74, 6) is -0.859. The molecule has 1 atom stereocenters. The smallest absolute Gasteiger partial charge is 0.306 e. The van der Waals surface area contributed by atoms with Gasteiger partial charge >= 0.3 is 17.9 Å². The summed E-state index contributed by atoms with van der Waals surface area (Å²) in [4.78, 5) is 37.5. The minimum atomic E-state index is -0.756. The Labute approximate surface area is 323 Å². The van der Waals surface area contributed by atoms with Gasteiger partial charge in [0.05, 0.1) is 0 Å². The van der Waals surface area contributed by atoms with E-state index in [4.69, 9.17) is 14.2 Å². The summed E-state index contributed by atoms with van der Waals surface area (Å²) >= 11 is 0. The Bertz CT molecular complexity index is 768. The lowest BCUT2D eigenvalue weighted by Crippen LogP contribution is -2.30. The fraction of sp³-hybridized carbons (Fsp3) is 0.935. The van der Waals surface area contributed by atoms with Gasteiger partial charge in [-0.05, 0) is 19.3 Å². The summed E-state index contributed by atoms with van der Waals surface area (Å²) in [6.07, 6.45) is 42.4. The van der Waals surface area contributed by atoms with Crippen LogP contribution in [0, 0.1) is 0 Å². The van der Waals surface area contributed by atoms with E-state index in [0.29, 0.717) is 19.3 Å². The number of carbonyl (C=O) groups is 3. The topological polar surface area (TPSA) is 78.9 Å². The standard InChI is InChI=1S/C46H88O6/c1-4-7-10-13-16-18-20-21-22-23-24-25-26-28-30-33-36-39-45(48)51-42-43(41-50-44(47)38-35-32-29-15-12-9-6-3)52-46(49)40-37-34-31-27-19-17-14-11-8-5-2/h43H,4-42H2,1-3H3. The zero-order chi connectivity index (χ0) is 38.0. The van der Waals surface area contributed by atoms with Gasteiger partial charge in [-0.2, -0.15) is 0 Å². The van der Waals surface area contributed by atoms with Gasteiger partial charge in [0, 0.05) is 19.3 Å². The Hall–Kier alpha value is -1.59. The fourth-order valence-corrected chi connectivity index (χ4v) is 6.85. The van der Waals surface area contributed by atoms with Crippen molar-refractivity contribution in [3.05, 3.63) is 0 Å². The van der Waals surface area contributed by atoms with Gasteiger partial charge in [0.15, 0.2) is 6.10 Å². The molecule has 0 aromatic rings. The van der Waals surface area contributed by atoms with Crippen molar-refractivity contribution in [3.8, 4) is 0 Å². The Morgan fingerprint density at radius 1 is 0.308 bits per heavy atom. The van der Waals surface area contributed by atoms with E-state index in [2.05, 4.69) is 20.8 Å². The monoisotopic (exact) mass is 737 g/mol. The van der Waals surface area contributed by atoms with Gasteiger partial charge in [-0.25, -0.2) is 0 Å². The van der Waals surface area contributed by atoms with Crippen LogP contribution in [-0.4, -0.2) is 37.2 Å². The molecule has 0 N–H and O–H groups in total. The molecule has 0 aliphatic carbocycles. The first-order valence-electron chi connectivity index (χ1n) is 23.0. The third kappa shape index (κ3) is 39.6. The molecule has 0 fully saturated rings. The minimum Gasteiger partial charge on any atom is -0.462 e. The lowest BCUT2D eigenvalue weighted by molar-refractivity contribution is -0.167. The second-order valence-corrected chi connectivity index (χ2v) is 15.7. The summed E-state index contributed by atoms with van der Waals surface area (Å²) in [6, 6.07) is 0. The largest absolute Gasteiger partial charge is 0.462 e. The summed E-state index contributed by atoms with van der Waals surface area (Å²) < 4.78 is 16.6. The molecule has 0 saturated heterocycles. The summed E-state index contributed by atoms with van der Waals surface area (Å²) in [7, 11) is 0. The molecular formula is C46H88O6. The molecule has 0 aromatic heterocycles. The quantitative estimate of drug-likeness (QED) is 0.0353. The van der Waals surface area contributed by atoms with Gasteiger partial charge in [-0.15, -0.1) is 0 Å². The van der Waals surface area contributed by atoms with Crippen molar-refractivity contribution in [3.63, 3.8) is 0 Å². The highest BCUT2D eigenvalue weighted by atomic mass is 16.6. The molecule has 308 valence electrons. The van der Waals surface area contributed by atoms with Crippen LogP contribution < -0.4 is 0 Å². The summed E-state index contributed by atoms with van der Waals surface area (Å²) in [6.45, 7) is 6.60. The molecule has 52 heavy (non-hydrogen) atoms. The Morgan fingerprint density at radius 2 is 0.519 bits per heavy atom. The molecule has 0 aromatic carbocycles. The van der Waals surface area contributed by atoms with Gasteiger partial charge in [0.25, 0.3) is 0 Å². The number of hydrogen-bond acceptors (Lipinski definition) is 6. The van der Waals surface area contributed by atoms with Crippen LogP contribution >= 0.6 is 0 Å². The maximum atomic E-state index is 12.6. The Kier molecular flexibility index (Phi) is 40.9. The molecule has 0 spiro atoms. The molecule has 0 aliphatic rings. The third-order valence-electron chi connectivity index (χ3n) is 10.4. The second-order valence-electron chi connectivity index (χ2n) is 15.7. The average molecular weight is 737 g/mol. The number of ether oxygens (including phenoxy) is 3. The summed E-state index contributed by atoms with van der Waals surface area (Å²) in [5.41, 5.74) is 0. The van der Waals surface area contributed by atoms with Crippen molar-refractivity contribution in [1.29, 1.82) is 0 Å². The molecule has 0 heterocycles. The van der Waals surface area contributed by atoms with E-state index in [9.17, 15) is 14.4 Å². The van der Waals surface area contributed by atoms with E-state index in [1.807, 2.05) is 0 Å². The van der Waals surface area contributed by atoms with E-state index in [1.165, 1.54) is 161 Å². The van der Waals surface area contributed by atoms with Crippen molar-refractivity contribution in [1.82, 2.24) is 0 Å². The fourth-order valence-electron chi connectivity index (χ4n) is 6.85. The average Bonchev–Trinajstić information content (AvgIpc) is 3.14. The normalized spacial score (nSPS) is 11.8. The van der Waals surface area contributed by atoms with Crippen LogP contribution in [0.3, 0.4) is 0 Å². The Balaban J connectivity index is 4.19. The lowest BCUT2D eigenvalue weighted by atomic mass is 10.0. The molecule has 0 radical (unpaired) electrons.